The number of hydrogen-bond acceptors (Lipinski definition) is 4. The van der Waals surface area contributed by atoms with Crippen LogP contribution in [-0.4, -0.2) is 43.7 Å². The summed E-state index contributed by atoms with van der Waals surface area (Å²) in [6.07, 6.45) is 3.75. The van der Waals surface area contributed by atoms with Crippen molar-refractivity contribution in [2.24, 2.45) is 0 Å². The van der Waals surface area contributed by atoms with E-state index >= 15 is 0 Å². The number of methoxy groups -OCH3 is 1. The molecule has 124 valence electrons. The molecule has 6 nitrogen and oxygen atoms in total. The van der Waals surface area contributed by atoms with Crippen molar-refractivity contribution in [3.8, 4) is 0 Å². The van der Waals surface area contributed by atoms with Crippen molar-refractivity contribution in [3.05, 3.63) is 36.0 Å². The Morgan fingerprint density at radius 2 is 2.09 bits per heavy atom. The first kappa shape index (κ1) is 17.0. The maximum Gasteiger partial charge on any atom is 0.306 e. The van der Waals surface area contributed by atoms with E-state index in [2.05, 4.69) is 16.4 Å². The Morgan fingerprint density at radius 3 is 2.91 bits per heavy atom. The number of esters is 1. The zero-order valence-corrected chi connectivity index (χ0v) is 13.3. The number of H-pyrrole nitrogens is 1. The zero-order valence-electron chi connectivity index (χ0n) is 13.3. The minimum atomic E-state index is -0.355. The number of nitrogens with one attached hydrogen (secondary N) is 2. The number of amides is 1. The minimum absolute atomic E-state index is 0.240. The average molecular weight is 318 g/mol. The standard InChI is InChI=1S/C17H22N2O4/c1-22-10-9-18-16(20)12-23-17(21)8-4-5-13-11-19-15-7-3-2-6-14(13)15/h2-3,6-7,11,19H,4-5,8-10,12H2,1H3,(H,18,20). The third-order valence-electron chi connectivity index (χ3n) is 3.49. The number of fused-ring (bicyclic) bond motifs is 1. The largest absolute Gasteiger partial charge is 0.456 e. The van der Waals surface area contributed by atoms with E-state index in [1.807, 2.05) is 24.4 Å². The summed E-state index contributed by atoms with van der Waals surface area (Å²) < 4.78 is 9.75. The number of hydrogen-bond donors (Lipinski definition) is 2. The molecule has 0 saturated carbocycles. The van der Waals surface area contributed by atoms with Gasteiger partial charge in [-0.05, 0) is 24.5 Å². The van der Waals surface area contributed by atoms with E-state index < -0.39 is 0 Å². The second-order valence-corrected chi connectivity index (χ2v) is 5.22. The van der Waals surface area contributed by atoms with Crippen LogP contribution in [0.1, 0.15) is 18.4 Å². The van der Waals surface area contributed by atoms with Crippen molar-refractivity contribution in [1.82, 2.24) is 10.3 Å². The van der Waals surface area contributed by atoms with Crippen LogP contribution in [0.15, 0.2) is 30.5 Å². The number of carbonyl (C=O) groups is 2. The van der Waals surface area contributed by atoms with E-state index in [1.54, 1.807) is 7.11 Å². The Kier molecular flexibility index (Phi) is 6.62. The van der Waals surface area contributed by atoms with E-state index in [4.69, 9.17) is 9.47 Å². The quantitative estimate of drug-likeness (QED) is 0.546. The lowest BCUT2D eigenvalue weighted by atomic mass is 10.1. The molecule has 2 rings (SSSR count). The van der Waals surface area contributed by atoms with Gasteiger partial charge in [0, 0.05) is 37.2 Å². The number of para-hydroxylation sites is 1. The first-order valence-corrected chi connectivity index (χ1v) is 7.67. The molecule has 1 heterocycles. The molecule has 1 aromatic heterocycles. The van der Waals surface area contributed by atoms with Crippen LogP contribution in [0.3, 0.4) is 0 Å². The molecular weight excluding hydrogens is 296 g/mol. The highest BCUT2D eigenvalue weighted by Gasteiger charge is 2.08. The molecule has 0 spiro atoms. The van der Waals surface area contributed by atoms with Crippen molar-refractivity contribution >= 4 is 22.8 Å². The third kappa shape index (κ3) is 5.41. The number of ether oxygens (including phenoxy) is 2. The second-order valence-electron chi connectivity index (χ2n) is 5.22. The number of rotatable bonds is 9. The van der Waals surface area contributed by atoms with Crippen molar-refractivity contribution < 1.29 is 19.1 Å². The molecule has 0 unspecified atom stereocenters. The molecule has 0 saturated heterocycles. The van der Waals surface area contributed by atoms with Gasteiger partial charge >= 0.3 is 5.97 Å². The molecule has 0 aliphatic heterocycles. The second kappa shape index (κ2) is 8.95. The Balaban J connectivity index is 1.66. The highest BCUT2D eigenvalue weighted by molar-refractivity contribution is 5.83. The average Bonchev–Trinajstić information content (AvgIpc) is 2.97. The van der Waals surface area contributed by atoms with Crippen molar-refractivity contribution in [3.63, 3.8) is 0 Å². The van der Waals surface area contributed by atoms with Gasteiger partial charge < -0.3 is 19.8 Å². The third-order valence-corrected chi connectivity index (χ3v) is 3.49. The van der Waals surface area contributed by atoms with Crippen LogP contribution in [0.25, 0.3) is 10.9 Å². The van der Waals surface area contributed by atoms with Gasteiger partial charge in [0.25, 0.3) is 5.91 Å². The topological polar surface area (TPSA) is 80.4 Å². The normalized spacial score (nSPS) is 10.7. The zero-order chi connectivity index (χ0) is 16.5. The van der Waals surface area contributed by atoms with E-state index in [-0.39, 0.29) is 18.5 Å². The highest BCUT2D eigenvalue weighted by Crippen LogP contribution is 2.19. The fraction of sp³-hybridized carbons (Fsp3) is 0.412. The van der Waals surface area contributed by atoms with Gasteiger partial charge in [0.15, 0.2) is 6.61 Å². The van der Waals surface area contributed by atoms with Crippen molar-refractivity contribution in [1.29, 1.82) is 0 Å². The number of benzene rings is 1. The Bertz CT molecular complexity index is 651. The van der Waals surface area contributed by atoms with Crippen molar-refractivity contribution in [2.45, 2.75) is 19.3 Å². The van der Waals surface area contributed by atoms with E-state index in [9.17, 15) is 9.59 Å². The maximum atomic E-state index is 11.6. The summed E-state index contributed by atoms with van der Waals surface area (Å²) in [5.74, 6) is -0.668. The summed E-state index contributed by atoms with van der Waals surface area (Å²) in [7, 11) is 1.56. The summed E-state index contributed by atoms with van der Waals surface area (Å²) in [4.78, 5) is 26.2. The number of aromatic amines is 1. The lowest BCUT2D eigenvalue weighted by Gasteiger charge is -2.06. The first-order valence-electron chi connectivity index (χ1n) is 7.67. The van der Waals surface area contributed by atoms with Crippen LogP contribution in [0.2, 0.25) is 0 Å². The maximum absolute atomic E-state index is 11.6. The Hall–Kier alpha value is -2.34. The molecule has 0 aliphatic rings. The van der Waals surface area contributed by atoms with Crippen LogP contribution in [0.5, 0.6) is 0 Å². The van der Waals surface area contributed by atoms with Gasteiger partial charge in [-0.15, -0.1) is 0 Å². The number of aryl methyl sites for hydroxylation is 1. The van der Waals surface area contributed by atoms with Crippen LogP contribution >= 0.6 is 0 Å². The molecule has 0 radical (unpaired) electrons. The lowest BCUT2D eigenvalue weighted by Crippen LogP contribution is -2.31. The molecule has 1 amide bonds. The number of carbonyl (C=O) groups excluding carboxylic acids is 2. The SMILES string of the molecule is COCCNC(=O)COC(=O)CCCc1c[nH]c2ccccc12. The van der Waals surface area contributed by atoms with Gasteiger partial charge in [-0.25, -0.2) is 0 Å². The molecule has 0 atom stereocenters. The fourth-order valence-electron chi connectivity index (χ4n) is 2.32. The summed E-state index contributed by atoms with van der Waals surface area (Å²) in [5, 5.41) is 3.77. The Morgan fingerprint density at radius 1 is 1.26 bits per heavy atom. The van der Waals surface area contributed by atoms with Gasteiger partial charge in [-0.1, -0.05) is 18.2 Å². The van der Waals surface area contributed by atoms with E-state index in [0.29, 0.717) is 26.0 Å². The van der Waals surface area contributed by atoms with Crippen LogP contribution in [0.4, 0.5) is 0 Å². The Labute approximate surface area is 135 Å². The molecule has 23 heavy (non-hydrogen) atoms. The monoisotopic (exact) mass is 318 g/mol. The van der Waals surface area contributed by atoms with E-state index in [1.165, 1.54) is 10.9 Å². The summed E-state index contributed by atoms with van der Waals surface area (Å²) in [5.41, 5.74) is 2.28. The van der Waals surface area contributed by atoms with Gasteiger partial charge in [0.1, 0.15) is 0 Å². The summed E-state index contributed by atoms with van der Waals surface area (Å²) >= 11 is 0. The molecule has 0 bridgehead atoms. The van der Waals surface area contributed by atoms with Crippen LogP contribution in [-0.2, 0) is 25.5 Å². The van der Waals surface area contributed by atoms with Crippen LogP contribution in [0, 0.1) is 0 Å². The predicted octanol–water partition coefficient (Wildman–Crippen LogP) is 1.80. The predicted molar refractivity (Wildman–Crippen MR) is 87.1 cm³/mol. The first-order chi connectivity index (χ1) is 11.2. The minimum Gasteiger partial charge on any atom is -0.456 e. The van der Waals surface area contributed by atoms with Gasteiger partial charge in [-0.2, -0.15) is 0 Å². The van der Waals surface area contributed by atoms with Gasteiger partial charge in [0.05, 0.1) is 6.61 Å². The smallest absolute Gasteiger partial charge is 0.306 e. The van der Waals surface area contributed by atoms with Gasteiger partial charge in [0.2, 0.25) is 0 Å². The number of aromatic nitrogens is 1. The van der Waals surface area contributed by atoms with Gasteiger partial charge in [-0.3, -0.25) is 9.59 Å². The molecule has 2 N–H and O–H groups in total. The molecule has 6 heteroatoms. The highest BCUT2D eigenvalue weighted by atomic mass is 16.5. The summed E-state index contributed by atoms with van der Waals surface area (Å²) in [6.45, 7) is 0.605. The molecule has 2 aromatic rings. The molecule has 0 aliphatic carbocycles. The lowest BCUT2D eigenvalue weighted by molar-refractivity contribution is -0.148. The molecule has 0 fully saturated rings. The van der Waals surface area contributed by atoms with Crippen molar-refractivity contribution in [2.75, 3.05) is 26.9 Å². The fourth-order valence-corrected chi connectivity index (χ4v) is 2.32. The van der Waals surface area contributed by atoms with Crippen LogP contribution < -0.4 is 5.32 Å². The molecule has 1 aromatic carbocycles. The molecular formula is C17H22N2O4. The summed E-state index contributed by atoms with van der Waals surface area (Å²) in [6, 6.07) is 8.06. The van der Waals surface area contributed by atoms with E-state index in [0.717, 1.165) is 11.9 Å².